The van der Waals surface area contributed by atoms with Gasteiger partial charge >= 0.3 is 29.9 Å². The minimum absolute atomic E-state index is 0.477. The first-order chi connectivity index (χ1) is 11.1. The van der Waals surface area contributed by atoms with Crippen LogP contribution in [0.15, 0.2) is 34.5 Å². The molecule has 0 aromatic heterocycles. The number of carboxylic acid groups (broad SMARTS) is 1. The van der Waals surface area contributed by atoms with Gasteiger partial charge in [0.25, 0.3) is 5.66 Å². The lowest BCUT2D eigenvalue weighted by molar-refractivity contribution is -0.402. The molecule has 1 aliphatic rings. The highest BCUT2D eigenvalue weighted by molar-refractivity contribution is 5.87. The first kappa shape index (κ1) is 19.0. The van der Waals surface area contributed by atoms with Gasteiger partial charge in [-0.3, -0.25) is 0 Å². The van der Waals surface area contributed by atoms with E-state index in [1.807, 2.05) is 0 Å². The Kier molecular flexibility index (Phi) is 3.86. The normalized spacial score (nSPS) is 17.5. The van der Waals surface area contributed by atoms with Gasteiger partial charge in [-0.05, 0) is 12.1 Å². The Morgan fingerprint density at radius 2 is 1.28 bits per heavy atom. The number of alkyl halides is 9. The van der Waals surface area contributed by atoms with Crippen LogP contribution in [0.4, 0.5) is 39.5 Å². The third kappa shape index (κ3) is 2.43. The molecule has 2 rings (SSSR count). The Morgan fingerprint density at radius 1 is 0.840 bits per heavy atom. The summed E-state index contributed by atoms with van der Waals surface area (Å²) < 4.78 is 117. The number of hydrogen-bond donors (Lipinski definition) is 1. The molecular weight excluding hydrogens is 375 g/mol. The second kappa shape index (κ2) is 5.08. The van der Waals surface area contributed by atoms with Crippen molar-refractivity contribution in [1.29, 1.82) is 0 Å². The maximum absolute atomic E-state index is 14.0. The van der Waals surface area contributed by atoms with Gasteiger partial charge in [0.1, 0.15) is 0 Å². The molecular formula is C12H5F9N2O2. The van der Waals surface area contributed by atoms with E-state index in [0.717, 1.165) is 0 Å². The Bertz CT molecular complexity index is 719. The number of carboxylic acids is 1. The fourth-order valence-corrected chi connectivity index (χ4v) is 1.91. The molecule has 0 saturated carbocycles. The standard InChI is InChI=1S/C12H5F9N2O2/c13-9(14,10(15,16)11(17,18)12(19,20)21)8(22-23-8)6-3-1-5(2-4-6)7(24)25/h1-4H,(H,24,25). The summed E-state index contributed by atoms with van der Waals surface area (Å²) in [5.41, 5.74) is -5.13. The lowest BCUT2D eigenvalue weighted by Gasteiger charge is -2.35. The van der Waals surface area contributed by atoms with E-state index in [2.05, 4.69) is 10.2 Å². The molecule has 0 spiro atoms. The average Bonchev–Trinajstić information content (AvgIpc) is 3.27. The van der Waals surface area contributed by atoms with Crippen LogP contribution in [0.2, 0.25) is 0 Å². The van der Waals surface area contributed by atoms with Crippen molar-refractivity contribution in [3.05, 3.63) is 35.4 Å². The molecule has 0 unspecified atom stereocenters. The van der Waals surface area contributed by atoms with E-state index in [4.69, 9.17) is 5.11 Å². The molecule has 1 aromatic rings. The van der Waals surface area contributed by atoms with Gasteiger partial charge in [-0.25, -0.2) is 4.79 Å². The summed E-state index contributed by atoms with van der Waals surface area (Å²) in [4.78, 5) is 10.6. The fourth-order valence-electron chi connectivity index (χ4n) is 1.91. The summed E-state index contributed by atoms with van der Waals surface area (Å²) in [5, 5.41) is 13.8. The van der Waals surface area contributed by atoms with E-state index < -0.39 is 46.7 Å². The summed E-state index contributed by atoms with van der Waals surface area (Å²) in [6, 6.07) is 2.33. The summed E-state index contributed by atoms with van der Waals surface area (Å²) in [5.74, 6) is -21.5. The molecule has 0 fully saturated rings. The molecule has 0 saturated heterocycles. The van der Waals surface area contributed by atoms with Crippen molar-refractivity contribution in [3.63, 3.8) is 0 Å². The smallest absolute Gasteiger partial charge is 0.460 e. The van der Waals surface area contributed by atoms with Crippen LogP contribution in [-0.4, -0.2) is 35.0 Å². The molecule has 0 atom stereocenters. The molecule has 1 N–H and O–H groups in total. The molecule has 0 bridgehead atoms. The average molecular weight is 380 g/mol. The first-order valence-electron chi connectivity index (χ1n) is 6.10. The summed E-state index contributed by atoms with van der Waals surface area (Å²) in [7, 11) is 0. The molecule has 0 radical (unpaired) electrons. The monoisotopic (exact) mass is 380 g/mol. The third-order valence-corrected chi connectivity index (χ3v) is 3.42. The maximum Gasteiger partial charge on any atom is 0.460 e. The molecule has 138 valence electrons. The van der Waals surface area contributed by atoms with Crippen molar-refractivity contribution >= 4 is 5.97 Å². The van der Waals surface area contributed by atoms with Gasteiger partial charge in [-0.15, -0.1) is 10.2 Å². The van der Waals surface area contributed by atoms with Crippen LogP contribution in [0.1, 0.15) is 15.9 Å². The minimum atomic E-state index is -7.06. The van der Waals surface area contributed by atoms with Crippen LogP contribution in [-0.2, 0) is 5.66 Å². The van der Waals surface area contributed by atoms with Crippen molar-refractivity contribution in [3.8, 4) is 0 Å². The topological polar surface area (TPSA) is 62.0 Å². The van der Waals surface area contributed by atoms with Crippen molar-refractivity contribution < 1.29 is 49.4 Å². The van der Waals surface area contributed by atoms with Crippen molar-refractivity contribution in [2.45, 2.75) is 29.6 Å². The molecule has 1 heterocycles. The SMILES string of the molecule is O=C(O)c1ccc(C2(C(F)(F)C(F)(F)C(F)(F)C(F)(F)F)N=N2)cc1. The van der Waals surface area contributed by atoms with Crippen LogP contribution in [0, 0.1) is 0 Å². The number of aromatic carboxylic acids is 1. The van der Waals surface area contributed by atoms with Crippen LogP contribution in [0.3, 0.4) is 0 Å². The predicted molar refractivity (Wildman–Crippen MR) is 60.8 cm³/mol. The highest BCUT2D eigenvalue weighted by atomic mass is 19.4. The number of benzene rings is 1. The van der Waals surface area contributed by atoms with E-state index in [1.165, 1.54) is 0 Å². The zero-order valence-corrected chi connectivity index (χ0v) is 11.5. The molecule has 25 heavy (non-hydrogen) atoms. The van der Waals surface area contributed by atoms with Crippen molar-refractivity contribution in [2.75, 3.05) is 0 Å². The highest BCUT2D eigenvalue weighted by Crippen LogP contribution is 2.63. The lowest BCUT2D eigenvalue weighted by atomic mass is 9.88. The molecule has 13 heteroatoms. The van der Waals surface area contributed by atoms with E-state index in [-0.39, 0.29) is 0 Å². The molecule has 0 aliphatic carbocycles. The fraction of sp³-hybridized carbons (Fsp3) is 0.417. The van der Waals surface area contributed by atoms with Crippen LogP contribution in [0.25, 0.3) is 0 Å². The Balaban J connectivity index is 2.49. The van der Waals surface area contributed by atoms with Gasteiger partial charge in [0.15, 0.2) is 0 Å². The van der Waals surface area contributed by atoms with E-state index >= 15 is 0 Å². The Labute approximate surface area is 132 Å². The van der Waals surface area contributed by atoms with E-state index in [1.54, 1.807) is 0 Å². The molecule has 1 aromatic carbocycles. The first-order valence-corrected chi connectivity index (χ1v) is 6.10. The molecule has 4 nitrogen and oxygen atoms in total. The number of nitrogens with zero attached hydrogens (tertiary/aromatic N) is 2. The van der Waals surface area contributed by atoms with Crippen molar-refractivity contribution in [2.24, 2.45) is 10.2 Å². The van der Waals surface area contributed by atoms with Crippen LogP contribution in [0.5, 0.6) is 0 Å². The third-order valence-electron chi connectivity index (χ3n) is 3.42. The molecule has 1 aliphatic heterocycles. The van der Waals surface area contributed by atoms with Gasteiger partial charge in [0, 0.05) is 5.56 Å². The van der Waals surface area contributed by atoms with E-state index in [0.29, 0.717) is 24.3 Å². The maximum atomic E-state index is 14.0. The summed E-state index contributed by atoms with van der Waals surface area (Å²) in [6.45, 7) is 0. The van der Waals surface area contributed by atoms with Crippen molar-refractivity contribution in [1.82, 2.24) is 0 Å². The number of halogens is 9. The number of rotatable bonds is 5. The predicted octanol–water partition coefficient (Wildman–Crippen LogP) is 4.47. The lowest BCUT2D eigenvalue weighted by Crippen LogP contribution is -2.64. The van der Waals surface area contributed by atoms with Gasteiger partial charge in [-0.2, -0.15) is 39.5 Å². The van der Waals surface area contributed by atoms with Gasteiger partial charge in [0.2, 0.25) is 0 Å². The zero-order chi connectivity index (χ0) is 19.5. The van der Waals surface area contributed by atoms with E-state index in [9.17, 15) is 44.3 Å². The zero-order valence-electron chi connectivity index (χ0n) is 11.5. The van der Waals surface area contributed by atoms with Gasteiger partial charge in [-0.1, -0.05) is 12.1 Å². The molecule has 0 amide bonds. The van der Waals surface area contributed by atoms with Gasteiger partial charge < -0.3 is 5.11 Å². The second-order valence-electron chi connectivity index (χ2n) is 4.98. The van der Waals surface area contributed by atoms with Crippen LogP contribution >= 0.6 is 0 Å². The Hall–Kier alpha value is -2.34. The second-order valence-corrected chi connectivity index (χ2v) is 4.98. The number of carbonyl (C=O) groups is 1. The largest absolute Gasteiger partial charge is 0.478 e. The highest BCUT2D eigenvalue weighted by Gasteiger charge is 2.88. The van der Waals surface area contributed by atoms with Gasteiger partial charge in [0.05, 0.1) is 5.56 Å². The summed E-state index contributed by atoms with van der Waals surface area (Å²) in [6.07, 6.45) is -6.96. The van der Waals surface area contributed by atoms with Crippen LogP contribution < -0.4 is 0 Å². The summed E-state index contributed by atoms with van der Waals surface area (Å²) >= 11 is 0. The number of hydrogen-bond acceptors (Lipinski definition) is 3. The Morgan fingerprint density at radius 3 is 1.60 bits per heavy atom. The minimum Gasteiger partial charge on any atom is -0.478 e. The quantitative estimate of drug-likeness (QED) is 0.767.